The van der Waals surface area contributed by atoms with Crippen molar-refractivity contribution in [1.29, 1.82) is 0 Å². The van der Waals surface area contributed by atoms with Gasteiger partial charge in [0, 0.05) is 51.2 Å². The molecule has 0 saturated carbocycles. The Kier molecular flexibility index (Phi) is 7.45. The molecule has 0 amide bonds. The first-order valence-corrected chi connectivity index (χ1v) is 11.4. The van der Waals surface area contributed by atoms with Crippen molar-refractivity contribution in [1.82, 2.24) is 19.8 Å². The monoisotopic (exact) mass is 458 g/mol. The van der Waals surface area contributed by atoms with Crippen molar-refractivity contribution in [3.63, 3.8) is 0 Å². The van der Waals surface area contributed by atoms with E-state index in [1.165, 1.54) is 0 Å². The molecule has 8 heteroatoms. The summed E-state index contributed by atoms with van der Waals surface area (Å²) in [5, 5.41) is 9.07. The maximum absolute atomic E-state index is 6.12. The predicted molar refractivity (Wildman–Crippen MR) is 131 cm³/mol. The fraction of sp³-hybridized carbons (Fsp3) is 0.391. The number of para-hydroxylation sites is 1. The van der Waals surface area contributed by atoms with Crippen LogP contribution in [0.15, 0.2) is 42.5 Å². The molecule has 1 aromatic heterocycles. The molecule has 4 rings (SSSR count). The molecule has 0 spiro atoms. The Bertz CT molecular complexity index is 1020. The number of benzene rings is 2. The molecule has 31 heavy (non-hydrogen) atoms. The highest BCUT2D eigenvalue weighted by Gasteiger charge is 2.13. The summed E-state index contributed by atoms with van der Waals surface area (Å²) < 4.78 is 0. The van der Waals surface area contributed by atoms with Crippen molar-refractivity contribution in [2.45, 2.75) is 6.42 Å². The lowest BCUT2D eigenvalue weighted by Gasteiger charge is -2.32. The van der Waals surface area contributed by atoms with Gasteiger partial charge in [-0.05, 0) is 43.3 Å². The van der Waals surface area contributed by atoms with E-state index < -0.39 is 0 Å². The Morgan fingerprint density at radius 3 is 2.52 bits per heavy atom. The molecule has 1 fully saturated rings. The first-order chi connectivity index (χ1) is 15.1. The zero-order chi connectivity index (χ0) is 21.6. The molecule has 0 atom stereocenters. The molecule has 164 valence electrons. The molecule has 1 aliphatic rings. The van der Waals surface area contributed by atoms with Crippen molar-refractivity contribution in [2.75, 3.05) is 63.5 Å². The minimum Gasteiger partial charge on any atom is -0.368 e. The van der Waals surface area contributed by atoms with Gasteiger partial charge >= 0.3 is 0 Å². The van der Waals surface area contributed by atoms with E-state index in [-0.39, 0.29) is 0 Å². The number of halogens is 2. The van der Waals surface area contributed by atoms with E-state index >= 15 is 0 Å². The third-order valence-electron chi connectivity index (χ3n) is 5.60. The van der Waals surface area contributed by atoms with Gasteiger partial charge in [-0.25, -0.2) is 4.98 Å². The van der Waals surface area contributed by atoms with Crippen molar-refractivity contribution in [2.24, 2.45) is 0 Å². The maximum atomic E-state index is 6.12. The lowest BCUT2D eigenvalue weighted by Crippen LogP contribution is -2.45. The Labute approximate surface area is 193 Å². The number of hydrogen-bond donors (Lipinski definition) is 2. The fourth-order valence-electron chi connectivity index (χ4n) is 3.71. The van der Waals surface area contributed by atoms with Crippen LogP contribution in [0.2, 0.25) is 10.0 Å². The van der Waals surface area contributed by atoms with Gasteiger partial charge < -0.3 is 15.5 Å². The normalized spacial score (nSPS) is 15.3. The van der Waals surface area contributed by atoms with E-state index in [0.717, 1.165) is 68.0 Å². The highest BCUT2D eigenvalue weighted by Crippen LogP contribution is 2.24. The Morgan fingerprint density at radius 2 is 1.71 bits per heavy atom. The molecule has 1 saturated heterocycles. The molecule has 2 aromatic carbocycles. The zero-order valence-corrected chi connectivity index (χ0v) is 19.3. The second-order valence-electron chi connectivity index (χ2n) is 7.91. The van der Waals surface area contributed by atoms with Crippen LogP contribution in [0.5, 0.6) is 0 Å². The van der Waals surface area contributed by atoms with E-state index in [1.54, 1.807) is 0 Å². The van der Waals surface area contributed by atoms with Crippen LogP contribution in [0.1, 0.15) is 5.56 Å². The number of piperazine rings is 1. The molecule has 2 heterocycles. The molecule has 0 bridgehead atoms. The van der Waals surface area contributed by atoms with E-state index in [9.17, 15) is 0 Å². The highest BCUT2D eigenvalue weighted by atomic mass is 35.5. The summed E-state index contributed by atoms with van der Waals surface area (Å²) in [6.45, 7) is 7.05. The van der Waals surface area contributed by atoms with Crippen molar-refractivity contribution in [3.05, 3.63) is 58.1 Å². The summed E-state index contributed by atoms with van der Waals surface area (Å²) in [7, 11) is 2.18. The molecular formula is C23H28Cl2N6. The summed E-state index contributed by atoms with van der Waals surface area (Å²) in [6, 6.07) is 13.8. The number of likely N-dealkylation sites (N-methyl/N-ethyl adjacent to an activating group) is 1. The Hall–Kier alpha value is -2.12. The molecular weight excluding hydrogens is 431 g/mol. The van der Waals surface area contributed by atoms with Gasteiger partial charge in [0.1, 0.15) is 5.82 Å². The average Bonchev–Trinajstić information content (AvgIpc) is 2.77. The standard InChI is InChI=1S/C23H28Cl2N6/c1-30-12-14-31(15-13-30)11-10-26-22-18-4-2-3-5-21(18)28-23(29-22)27-9-8-17-6-7-19(24)20(25)16-17/h2-7,16H,8-15H2,1H3,(H2,26,27,28,29). The van der Waals surface area contributed by atoms with Crippen LogP contribution < -0.4 is 10.6 Å². The number of fused-ring (bicyclic) bond motifs is 1. The summed E-state index contributed by atoms with van der Waals surface area (Å²) in [4.78, 5) is 14.3. The molecule has 0 aliphatic carbocycles. The van der Waals surface area contributed by atoms with Crippen molar-refractivity contribution in [3.8, 4) is 0 Å². The number of nitrogens with zero attached hydrogens (tertiary/aromatic N) is 4. The van der Waals surface area contributed by atoms with Crippen LogP contribution in [-0.2, 0) is 6.42 Å². The van der Waals surface area contributed by atoms with E-state index in [0.29, 0.717) is 22.5 Å². The third-order valence-corrected chi connectivity index (χ3v) is 6.34. The van der Waals surface area contributed by atoms with Crippen LogP contribution in [-0.4, -0.2) is 72.6 Å². The number of hydrogen-bond acceptors (Lipinski definition) is 6. The van der Waals surface area contributed by atoms with Gasteiger partial charge in [-0.15, -0.1) is 0 Å². The first-order valence-electron chi connectivity index (χ1n) is 10.7. The third kappa shape index (κ3) is 5.98. The molecule has 1 aliphatic heterocycles. The minimum atomic E-state index is 0.573. The Morgan fingerprint density at radius 1 is 0.903 bits per heavy atom. The van der Waals surface area contributed by atoms with Gasteiger partial charge in [0.05, 0.1) is 15.6 Å². The molecule has 0 radical (unpaired) electrons. The van der Waals surface area contributed by atoms with Gasteiger partial charge in [0.25, 0.3) is 0 Å². The molecule has 0 unspecified atom stereocenters. The summed E-state index contributed by atoms with van der Waals surface area (Å²) >= 11 is 12.1. The van der Waals surface area contributed by atoms with E-state index in [1.807, 2.05) is 36.4 Å². The predicted octanol–water partition coefficient (Wildman–Crippen LogP) is 4.25. The molecule has 3 aromatic rings. The molecule has 2 N–H and O–H groups in total. The molecule has 6 nitrogen and oxygen atoms in total. The topological polar surface area (TPSA) is 56.3 Å². The van der Waals surface area contributed by atoms with Gasteiger partial charge in [-0.2, -0.15) is 4.98 Å². The van der Waals surface area contributed by atoms with Gasteiger partial charge in [-0.1, -0.05) is 41.4 Å². The lowest BCUT2D eigenvalue weighted by atomic mass is 10.1. The summed E-state index contributed by atoms with van der Waals surface area (Å²) in [5.74, 6) is 1.50. The van der Waals surface area contributed by atoms with Crippen LogP contribution in [0, 0.1) is 0 Å². The summed E-state index contributed by atoms with van der Waals surface area (Å²) in [6.07, 6.45) is 0.805. The SMILES string of the molecule is CN1CCN(CCNc2nc(NCCc3ccc(Cl)c(Cl)c3)nc3ccccc23)CC1. The van der Waals surface area contributed by atoms with Crippen LogP contribution in [0.3, 0.4) is 0 Å². The van der Waals surface area contributed by atoms with Gasteiger partial charge in [-0.3, -0.25) is 4.90 Å². The zero-order valence-electron chi connectivity index (χ0n) is 17.7. The van der Waals surface area contributed by atoms with Crippen molar-refractivity contribution < 1.29 is 0 Å². The second kappa shape index (κ2) is 10.5. The lowest BCUT2D eigenvalue weighted by molar-refractivity contribution is 0.158. The largest absolute Gasteiger partial charge is 0.368 e. The van der Waals surface area contributed by atoms with E-state index in [4.69, 9.17) is 28.2 Å². The van der Waals surface area contributed by atoms with Gasteiger partial charge in [0.15, 0.2) is 0 Å². The highest BCUT2D eigenvalue weighted by molar-refractivity contribution is 6.42. The fourth-order valence-corrected chi connectivity index (χ4v) is 4.03. The Balaban J connectivity index is 1.39. The average molecular weight is 459 g/mol. The second-order valence-corrected chi connectivity index (χ2v) is 8.72. The number of aromatic nitrogens is 2. The van der Waals surface area contributed by atoms with Crippen LogP contribution in [0.25, 0.3) is 10.9 Å². The minimum absolute atomic E-state index is 0.573. The van der Waals surface area contributed by atoms with Crippen molar-refractivity contribution >= 4 is 45.9 Å². The van der Waals surface area contributed by atoms with E-state index in [2.05, 4.69) is 38.5 Å². The summed E-state index contributed by atoms with van der Waals surface area (Å²) in [5.41, 5.74) is 2.05. The van der Waals surface area contributed by atoms with Crippen LogP contribution in [0.4, 0.5) is 11.8 Å². The quantitative estimate of drug-likeness (QED) is 0.526. The first kappa shape index (κ1) is 22.1. The number of rotatable bonds is 8. The van der Waals surface area contributed by atoms with Crippen LogP contribution >= 0.6 is 23.2 Å². The van der Waals surface area contributed by atoms with Gasteiger partial charge in [0.2, 0.25) is 5.95 Å². The number of nitrogens with one attached hydrogen (secondary N) is 2. The maximum Gasteiger partial charge on any atom is 0.225 e. The smallest absolute Gasteiger partial charge is 0.225 e. The number of anilines is 2.